The van der Waals surface area contributed by atoms with E-state index in [1.807, 2.05) is 6.07 Å². The van der Waals surface area contributed by atoms with Crippen molar-refractivity contribution in [2.24, 2.45) is 0 Å². The van der Waals surface area contributed by atoms with E-state index in [0.717, 1.165) is 0 Å². The lowest BCUT2D eigenvalue weighted by Crippen LogP contribution is -2.12. The van der Waals surface area contributed by atoms with E-state index in [1.54, 1.807) is 29.0 Å². The van der Waals surface area contributed by atoms with E-state index in [0.29, 0.717) is 22.7 Å². The molecule has 0 unspecified atom stereocenters. The largest absolute Gasteiger partial charge is 0.323 e. The van der Waals surface area contributed by atoms with Crippen LogP contribution in [0.4, 0.5) is 16.0 Å². The molecule has 1 aromatic carbocycles. The molecule has 7 nitrogen and oxygen atoms in total. The fourth-order valence-electron chi connectivity index (χ4n) is 2.31. The van der Waals surface area contributed by atoms with Gasteiger partial charge in [0.15, 0.2) is 5.82 Å². The van der Waals surface area contributed by atoms with Crippen LogP contribution in [0, 0.1) is 5.82 Å². The van der Waals surface area contributed by atoms with Crippen molar-refractivity contribution in [1.82, 2.24) is 24.8 Å². The van der Waals surface area contributed by atoms with E-state index in [9.17, 15) is 9.18 Å². The highest BCUT2D eigenvalue weighted by atomic mass is 19.1. The van der Waals surface area contributed by atoms with Gasteiger partial charge in [-0.15, -0.1) is 5.10 Å². The highest BCUT2D eigenvalue weighted by Crippen LogP contribution is 2.19. The van der Waals surface area contributed by atoms with Gasteiger partial charge in [0.25, 0.3) is 0 Å². The van der Waals surface area contributed by atoms with Crippen molar-refractivity contribution in [3.8, 4) is 0 Å². The van der Waals surface area contributed by atoms with Crippen LogP contribution < -0.4 is 5.32 Å². The molecule has 0 amide bonds. The zero-order valence-electron chi connectivity index (χ0n) is 12.3. The number of nitrogens with one attached hydrogen (secondary N) is 2. The highest BCUT2D eigenvalue weighted by molar-refractivity contribution is 6.06. The summed E-state index contributed by atoms with van der Waals surface area (Å²) in [5, 5.41) is 13.9. The summed E-state index contributed by atoms with van der Waals surface area (Å²) >= 11 is 0. The van der Waals surface area contributed by atoms with Crippen LogP contribution in [0.15, 0.2) is 54.9 Å². The number of halogens is 1. The third kappa shape index (κ3) is 2.50. The molecule has 3 heterocycles. The Balaban J connectivity index is 1.78. The molecule has 8 heteroatoms. The predicted molar refractivity (Wildman–Crippen MR) is 84.7 cm³/mol. The van der Waals surface area contributed by atoms with E-state index in [1.165, 1.54) is 24.3 Å². The van der Waals surface area contributed by atoms with Gasteiger partial charge >= 0.3 is 0 Å². The topological polar surface area (TPSA) is 88.0 Å². The molecule has 0 aliphatic rings. The number of carbonyl (C=O) groups is 1. The molecule has 3 aromatic heterocycles. The Kier molecular flexibility index (Phi) is 3.27. The molecule has 0 spiro atoms. The number of benzene rings is 1. The van der Waals surface area contributed by atoms with Crippen LogP contribution in [0.1, 0.15) is 16.2 Å². The van der Waals surface area contributed by atoms with Crippen molar-refractivity contribution in [3.63, 3.8) is 0 Å². The van der Waals surface area contributed by atoms with Crippen molar-refractivity contribution < 1.29 is 9.18 Å². The van der Waals surface area contributed by atoms with E-state index in [-0.39, 0.29) is 5.82 Å². The Labute approximate surface area is 135 Å². The average Bonchev–Trinajstić information content (AvgIpc) is 3.26. The number of carbonyl (C=O) groups excluding carboxylic acids is 1. The van der Waals surface area contributed by atoms with Gasteiger partial charge in [0, 0.05) is 17.8 Å². The Bertz CT molecular complexity index is 1010. The minimum absolute atomic E-state index is 0.00678. The second-order valence-corrected chi connectivity index (χ2v) is 5.05. The van der Waals surface area contributed by atoms with Gasteiger partial charge in [-0.05, 0) is 36.4 Å². The molecule has 4 aromatic rings. The van der Waals surface area contributed by atoms with Crippen LogP contribution in [0.2, 0.25) is 0 Å². The molecule has 4 rings (SSSR count). The SMILES string of the molecule is O=C(c1ccc(F)cc1)c1nc(Nc2ccn[nH]2)c2cccn2n1. The number of aromatic nitrogens is 5. The molecule has 0 aliphatic carbocycles. The lowest BCUT2D eigenvalue weighted by molar-refractivity contribution is 0.102. The molecule has 0 aliphatic heterocycles. The van der Waals surface area contributed by atoms with Gasteiger partial charge in [0.05, 0.1) is 6.20 Å². The van der Waals surface area contributed by atoms with E-state index >= 15 is 0 Å². The van der Waals surface area contributed by atoms with Crippen LogP contribution in [0.25, 0.3) is 5.52 Å². The van der Waals surface area contributed by atoms with E-state index in [4.69, 9.17) is 0 Å². The van der Waals surface area contributed by atoms with Crippen LogP contribution >= 0.6 is 0 Å². The molecule has 0 atom stereocenters. The van der Waals surface area contributed by atoms with Gasteiger partial charge in [-0.2, -0.15) is 5.10 Å². The second-order valence-electron chi connectivity index (χ2n) is 5.05. The zero-order chi connectivity index (χ0) is 16.5. The Morgan fingerprint density at radius 2 is 2.00 bits per heavy atom. The number of hydrogen-bond donors (Lipinski definition) is 2. The molecule has 24 heavy (non-hydrogen) atoms. The summed E-state index contributed by atoms with van der Waals surface area (Å²) < 4.78 is 14.6. The van der Waals surface area contributed by atoms with Gasteiger partial charge in [-0.1, -0.05) is 0 Å². The minimum Gasteiger partial charge on any atom is -0.323 e. The quantitative estimate of drug-likeness (QED) is 0.564. The summed E-state index contributed by atoms with van der Waals surface area (Å²) in [4.78, 5) is 16.9. The van der Waals surface area contributed by atoms with Gasteiger partial charge in [-0.3, -0.25) is 9.89 Å². The Hall–Kier alpha value is -3.55. The minimum atomic E-state index is -0.407. The highest BCUT2D eigenvalue weighted by Gasteiger charge is 2.16. The van der Waals surface area contributed by atoms with Crippen LogP contribution in [-0.2, 0) is 0 Å². The third-order valence-electron chi connectivity index (χ3n) is 3.45. The summed E-state index contributed by atoms with van der Waals surface area (Å²) in [6.45, 7) is 0. The molecule has 0 saturated heterocycles. The summed E-state index contributed by atoms with van der Waals surface area (Å²) in [5.74, 6) is 0.308. The second kappa shape index (κ2) is 5.58. The Morgan fingerprint density at radius 3 is 2.75 bits per heavy atom. The van der Waals surface area contributed by atoms with E-state index < -0.39 is 11.6 Å². The number of ketones is 1. The van der Waals surface area contributed by atoms with Crippen molar-refractivity contribution in [2.75, 3.05) is 5.32 Å². The number of rotatable bonds is 4. The molecule has 0 saturated carbocycles. The zero-order valence-corrected chi connectivity index (χ0v) is 12.3. The van der Waals surface area contributed by atoms with Gasteiger partial charge in [0.1, 0.15) is 17.2 Å². The molecule has 0 bridgehead atoms. The fourth-order valence-corrected chi connectivity index (χ4v) is 2.31. The maximum atomic E-state index is 13.0. The summed E-state index contributed by atoms with van der Waals surface area (Å²) in [7, 11) is 0. The standard InChI is InChI=1S/C16H11FN6O/c17-11-5-3-10(4-6-11)14(24)16-20-15(19-13-7-8-18-21-13)12-2-1-9-23(12)22-16/h1-9H,(H2,18,19,20,21,22). The maximum absolute atomic E-state index is 13.0. The van der Waals surface area contributed by atoms with Gasteiger partial charge < -0.3 is 5.32 Å². The first-order valence-electron chi connectivity index (χ1n) is 7.13. The van der Waals surface area contributed by atoms with Gasteiger partial charge in [0.2, 0.25) is 11.6 Å². The molecule has 118 valence electrons. The number of anilines is 2. The molecular weight excluding hydrogens is 311 g/mol. The summed E-state index contributed by atoms with van der Waals surface area (Å²) in [5.41, 5.74) is 1.02. The van der Waals surface area contributed by atoms with Crippen molar-refractivity contribution >= 4 is 22.9 Å². The first-order chi connectivity index (χ1) is 11.7. The van der Waals surface area contributed by atoms with Crippen LogP contribution in [0.3, 0.4) is 0 Å². The van der Waals surface area contributed by atoms with Crippen LogP contribution in [-0.4, -0.2) is 30.6 Å². The number of H-pyrrole nitrogens is 1. The molecule has 0 radical (unpaired) electrons. The molecule has 0 fully saturated rings. The number of fused-ring (bicyclic) bond motifs is 1. The monoisotopic (exact) mass is 322 g/mol. The van der Waals surface area contributed by atoms with Crippen molar-refractivity contribution in [3.05, 3.63) is 72.1 Å². The molecule has 2 N–H and O–H groups in total. The van der Waals surface area contributed by atoms with Crippen molar-refractivity contribution in [1.29, 1.82) is 0 Å². The van der Waals surface area contributed by atoms with Gasteiger partial charge in [-0.25, -0.2) is 13.9 Å². The average molecular weight is 322 g/mol. The lowest BCUT2D eigenvalue weighted by Gasteiger charge is -2.08. The maximum Gasteiger partial charge on any atom is 0.232 e. The number of hydrogen-bond acceptors (Lipinski definition) is 5. The summed E-state index contributed by atoms with van der Waals surface area (Å²) in [6, 6.07) is 10.6. The molecular formula is C16H11FN6O. The van der Waals surface area contributed by atoms with E-state index in [2.05, 4.69) is 25.6 Å². The fraction of sp³-hybridized carbons (Fsp3) is 0. The lowest BCUT2D eigenvalue weighted by atomic mass is 10.1. The smallest absolute Gasteiger partial charge is 0.232 e. The third-order valence-corrected chi connectivity index (χ3v) is 3.45. The number of aromatic amines is 1. The normalized spacial score (nSPS) is 10.9. The Morgan fingerprint density at radius 1 is 1.17 bits per heavy atom. The first-order valence-corrected chi connectivity index (χ1v) is 7.13. The summed E-state index contributed by atoms with van der Waals surface area (Å²) in [6.07, 6.45) is 3.32. The van der Waals surface area contributed by atoms with Crippen LogP contribution in [0.5, 0.6) is 0 Å². The number of nitrogens with zero attached hydrogens (tertiary/aromatic N) is 4. The first kappa shape index (κ1) is 14.1. The van der Waals surface area contributed by atoms with Crippen molar-refractivity contribution in [2.45, 2.75) is 0 Å². The predicted octanol–water partition coefficient (Wildman–Crippen LogP) is 2.57.